The fourth-order valence-corrected chi connectivity index (χ4v) is 3.76. The number of hydrogen-bond acceptors (Lipinski definition) is 2. The molecule has 1 heterocycles. The van der Waals surface area contributed by atoms with Crippen LogP contribution in [0.1, 0.15) is 31.2 Å². The van der Waals surface area contributed by atoms with Crippen molar-refractivity contribution in [2.75, 3.05) is 13.2 Å². The van der Waals surface area contributed by atoms with E-state index >= 15 is 0 Å². The average molecular weight is 280 g/mol. The van der Waals surface area contributed by atoms with Gasteiger partial charge in [0.05, 0.1) is 16.5 Å². The fraction of sp³-hybridized carbons (Fsp3) is 0.533. The fourth-order valence-electron chi connectivity index (χ4n) is 3.59. The van der Waals surface area contributed by atoms with Gasteiger partial charge in [-0.1, -0.05) is 23.7 Å². The molecule has 3 rings (SSSR count). The van der Waals surface area contributed by atoms with Crippen molar-refractivity contribution in [3.05, 3.63) is 34.6 Å². The molecule has 2 fully saturated rings. The number of rotatable bonds is 1. The number of nitriles is 1. The Bertz CT molecular complexity index is 538. The minimum absolute atomic E-state index is 0.0973. The Morgan fingerprint density at radius 1 is 1.26 bits per heavy atom. The molecule has 19 heavy (non-hydrogen) atoms. The van der Waals surface area contributed by atoms with E-state index in [1.807, 2.05) is 0 Å². The van der Waals surface area contributed by atoms with Crippen LogP contribution in [0.2, 0.25) is 5.02 Å². The zero-order valence-corrected chi connectivity index (χ0v) is 11.3. The van der Waals surface area contributed by atoms with Crippen LogP contribution in [-0.2, 0) is 10.2 Å². The van der Waals surface area contributed by atoms with Crippen LogP contribution in [0.3, 0.4) is 0 Å². The maximum absolute atomic E-state index is 14.2. The Morgan fingerprint density at radius 2 is 1.95 bits per heavy atom. The van der Waals surface area contributed by atoms with Gasteiger partial charge in [-0.15, -0.1) is 0 Å². The molecular formula is C15H15ClFNO. The van der Waals surface area contributed by atoms with E-state index in [9.17, 15) is 9.65 Å². The maximum atomic E-state index is 14.2. The van der Waals surface area contributed by atoms with E-state index in [0.29, 0.717) is 5.56 Å². The highest BCUT2D eigenvalue weighted by Gasteiger charge is 2.56. The van der Waals surface area contributed by atoms with Crippen molar-refractivity contribution in [3.8, 4) is 6.07 Å². The summed E-state index contributed by atoms with van der Waals surface area (Å²) in [5, 5.41) is 9.63. The topological polar surface area (TPSA) is 33.0 Å². The summed E-state index contributed by atoms with van der Waals surface area (Å²) >= 11 is 5.83. The summed E-state index contributed by atoms with van der Waals surface area (Å²) in [5.41, 5.74) is -0.0747. The Labute approximate surface area is 117 Å². The van der Waals surface area contributed by atoms with Crippen molar-refractivity contribution in [2.24, 2.45) is 5.41 Å². The molecule has 2 aliphatic rings. The van der Waals surface area contributed by atoms with E-state index in [4.69, 9.17) is 16.3 Å². The van der Waals surface area contributed by atoms with Crippen molar-refractivity contribution in [3.63, 3.8) is 0 Å². The maximum Gasteiger partial charge on any atom is 0.146 e. The third-order valence-electron chi connectivity index (χ3n) is 4.59. The van der Waals surface area contributed by atoms with E-state index in [0.717, 1.165) is 38.9 Å². The van der Waals surface area contributed by atoms with Gasteiger partial charge in [-0.25, -0.2) is 4.39 Å². The SMILES string of the molecule is N#CC1(c2cccc(Cl)c2F)CC2(CCOCC2)C1. The molecule has 1 aliphatic heterocycles. The third kappa shape index (κ3) is 1.94. The normalized spacial score (nSPS) is 23.6. The lowest BCUT2D eigenvalue weighted by Crippen LogP contribution is -2.51. The van der Waals surface area contributed by atoms with Gasteiger partial charge in [0.25, 0.3) is 0 Å². The molecule has 4 heteroatoms. The monoisotopic (exact) mass is 279 g/mol. The quantitative estimate of drug-likeness (QED) is 0.783. The Balaban J connectivity index is 1.91. The summed E-state index contributed by atoms with van der Waals surface area (Å²) in [4.78, 5) is 0. The van der Waals surface area contributed by atoms with Crippen LogP contribution >= 0.6 is 11.6 Å². The lowest BCUT2D eigenvalue weighted by molar-refractivity contribution is -0.0585. The summed E-state index contributed by atoms with van der Waals surface area (Å²) in [5.74, 6) is -0.437. The van der Waals surface area contributed by atoms with Gasteiger partial charge in [-0.2, -0.15) is 5.26 Å². The highest BCUT2D eigenvalue weighted by Crippen LogP contribution is 2.60. The smallest absolute Gasteiger partial charge is 0.146 e. The van der Waals surface area contributed by atoms with E-state index in [-0.39, 0.29) is 10.4 Å². The minimum Gasteiger partial charge on any atom is -0.381 e. The predicted octanol–water partition coefficient (Wildman–Crippen LogP) is 3.83. The molecule has 1 saturated heterocycles. The Hall–Kier alpha value is -1.11. The molecule has 1 aromatic rings. The summed E-state index contributed by atoms with van der Waals surface area (Å²) in [6.07, 6.45) is 3.38. The number of benzene rings is 1. The average Bonchev–Trinajstić information content (AvgIpc) is 2.40. The lowest BCUT2D eigenvalue weighted by Gasteiger charge is -2.54. The summed E-state index contributed by atoms with van der Waals surface area (Å²) < 4.78 is 19.5. The van der Waals surface area contributed by atoms with E-state index < -0.39 is 11.2 Å². The first-order valence-corrected chi connectivity index (χ1v) is 6.92. The van der Waals surface area contributed by atoms with Gasteiger partial charge in [0, 0.05) is 18.8 Å². The van der Waals surface area contributed by atoms with E-state index in [1.54, 1.807) is 12.1 Å². The highest BCUT2D eigenvalue weighted by molar-refractivity contribution is 6.30. The molecule has 0 bridgehead atoms. The molecule has 1 aliphatic carbocycles. The van der Waals surface area contributed by atoms with E-state index in [1.165, 1.54) is 6.07 Å². The van der Waals surface area contributed by atoms with Crippen LogP contribution in [0.4, 0.5) is 4.39 Å². The first kappa shape index (κ1) is 12.9. The number of halogens is 2. The molecule has 0 N–H and O–H groups in total. The van der Waals surface area contributed by atoms with Crippen LogP contribution < -0.4 is 0 Å². The molecule has 1 saturated carbocycles. The van der Waals surface area contributed by atoms with Gasteiger partial charge in [-0.05, 0) is 37.2 Å². The van der Waals surface area contributed by atoms with Crippen molar-refractivity contribution >= 4 is 11.6 Å². The molecule has 0 amide bonds. The van der Waals surface area contributed by atoms with Gasteiger partial charge < -0.3 is 4.74 Å². The molecule has 1 spiro atoms. The Morgan fingerprint density at radius 3 is 2.58 bits per heavy atom. The molecular weight excluding hydrogens is 265 g/mol. The van der Waals surface area contributed by atoms with Gasteiger partial charge in [-0.3, -0.25) is 0 Å². The number of ether oxygens (including phenoxy) is 1. The van der Waals surface area contributed by atoms with Crippen LogP contribution in [0.25, 0.3) is 0 Å². The highest BCUT2D eigenvalue weighted by atomic mass is 35.5. The summed E-state index contributed by atoms with van der Waals surface area (Å²) in [7, 11) is 0. The zero-order chi connectivity index (χ0) is 13.5. The van der Waals surface area contributed by atoms with Gasteiger partial charge in [0.15, 0.2) is 0 Å². The molecule has 0 radical (unpaired) electrons. The van der Waals surface area contributed by atoms with Crippen molar-refractivity contribution < 1.29 is 9.13 Å². The first-order chi connectivity index (χ1) is 9.11. The zero-order valence-electron chi connectivity index (χ0n) is 10.6. The summed E-state index contributed by atoms with van der Waals surface area (Å²) in [6, 6.07) is 7.26. The predicted molar refractivity (Wildman–Crippen MR) is 70.4 cm³/mol. The van der Waals surface area contributed by atoms with Crippen LogP contribution in [0.15, 0.2) is 18.2 Å². The third-order valence-corrected chi connectivity index (χ3v) is 4.88. The van der Waals surface area contributed by atoms with Crippen molar-refractivity contribution in [2.45, 2.75) is 31.1 Å². The molecule has 100 valence electrons. The van der Waals surface area contributed by atoms with Crippen LogP contribution in [0.5, 0.6) is 0 Å². The lowest BCUT2D eigenvalue weighted by atomic mass is 9.48. The molecule has 0 aromatic heterocycles. The number of hydrogen-bond donors (Lipinski definition) is 0. The molecule has 1 aromatic carbocycles. The second-order valence-electron chi connectivity index (χ2n) is 5.76. The largest absolute Gasteiger partial charge is 0.381 e. The Kier molecular flexibility index (Phi) is 3.03. The standard InChI is InChI=1S/C15H15ClFNO/c16-12-3-1-2-11(13(12)17)15(10-18)8-14(9-15)4-6-19-7-5-14/h1-3H,4-9H2. The van der Waals surface area contributed by atoms with Crippen molar-refractivity contribution in [1.82, 2.24) is 0 Å². The van der Waals surface area contributed by atoms with Crippen LogP contribution in [-0.4, -0.2) is 13.2 Å². The first-order valence-electron chi connectivity index (χ1n) is 6.54. The second kappa shape index (κ2) is 4.47. The minimum atomic E-state index is -0.702. The van der Waals surface area contributed by atoms with Gasteiger partial charge in [0.1, 0.15) is 5.82 Å². The second-order valence-corrected chi connectivity index (χ2v) is 6.17. The molecule has 0 atom stereocenters. The molecule has 0 unspecified atom stereocenters. The van der Waals surface area contributed by atoms with E-state index in [2.05, 4.69) is 6.07 Å². The van der Waals surface area contributed by atoms with Crippen molar-refractivity contribution in [1.29, 1.82) is 5.26 Å². The van der Waals surface area contributed by atoms with Gasteiger partial charge in [0.2, 0.25) is 0 Å². The summed E-state index contributed by atoms with van der Waals surface area (Å²) in [6.45, 7) is 1.50. The van der Waals surface area contributed by atoms with Gasteiger partial charge >= 0.3 is 0 Å². The number of nitrogens with zero attached hydrogens (tertiary/aromatic N) is 1. The molecule has 2 nitrogen and oxygen atoms in total. The van der Waals surface area contributed by atoms with Crippen LogP contribution in [0, 0.1) is 22.6 Å².